The molecule has 2 aliphatic heterocycles. The molecule has 2 saturated heterocycles. The summed E-state index contributed by atoms with van der Waals surface area (Å²) >= 11 is 1.68. The topological polar surface area (TPSA) is 125 Å². The van der Waals surface area contributed by atoms with Gasteiger partial charge in [-0.2, -0.15) is 24.9 Å². The summed E-state index contributed by atoms with van der Waals surface area (Å²) < 4.78 is 50.7. The normalized spacial score (nSPS) is 14.8. The quantitative estimate of drug-likeness (QED) is 0.0908. The van der Waals surface area contributed by atoms with Gasteiger partial charge in [0.15, 0.2) is 0 Å². The highest BCUT2D eigenvalue weighted by Gasteiger charge is 2.30. The molecule has 3 heterocycles. The smallest absolute Gasteiger partial charge is 0.380 e. The first-order valence-corrected chi connectivity index (χ1v) is 21.2. The van der Waals surface area contributed by atoms with E-state index in [9.17, 15) is 27.6 Å². The van der Waals surface area contributed by atoms with E-state index in [-0.39, 0.29) is 23.9 Å². The van der Waals surface area contributed by atoms with Crippen LogP contribution >= 0.6 is 11.8 Å². The third kappa shape index (κ3) is 13.5. The lowest BCUT2D eigenvalue weighted by Crippen LogP contribution is -2.41. The monoisotopic (exact) mass is 832 g/mol. The van der Waals surface area contributed by atoms with Crippen molar-refractivity contribution in [2.24, 2.45) is 0 Å². The molecule has 2 aliphatic rings. The second-order valence-electron chi connectivity index (χ2n) is 14.5. The molecule has 0 aliphatic carbocycles. The Morgan fingerprint density at radius 1 is 0.814 bits per heavy atom. The van der Waals surface area contributed by atoms with Gasteiger partial charge in [-0.05, 0) is 85.0 Å². The Balaban J connectivity index is 1.03. The summed E-state index contributed by atoms with van der Waals surface area (Å²) in [6.07, 6.45) is 0.649. The number of nitrogens with zero attached hydrogens (tertiary/aromatic N) is 3. The third-order valence-electron chi connectivity index (χ3n) is 10.1. The molecule has 6 rings (SSSR count). The number of ether oxygens (including phenoxy) is 2. The average molecular weight is 833 g/mol. The molecule has 3 amide bonds. The van der Waals surface area contributed by atoms with Gasteiger partial charge >= 0.3 is 6.18 Å². The molecular weight excluding hydrogens is 782 g/mol. The number of hydrogen-bond donors (Lipinski definition) is 3. The van der Waals surface area contributed by atoms with E-state index in [4.69, 9.17) is 9.47 Å². The summed E-state index contributed by atoms with van der Waals surface area (Å²) in [5.74, 6) is 0.619. The predicted octanol–water partition coefficient (Wildman–Crippen LogP) is 7.03. The van der Waals surface area contributed by atoms with Gasteiger partial charge in [0.2, 0.25) is 5.91 Å². The van der Waals surface area contributed by atoms with Crippen molar-refractivity contribution in [1.29, 1.82) is 0 Å². The molecule has 0 atom stereocenters. The molecule has 3 N–H and O–H groups in total. The molecule has 3 aromatic carbocycles. The number of benzene rings is 3. The van der Waals surface area contributed by atoms with E-state index in [2.05, 4.69) is 30.7 Å². The van der Waals surface area contributed by atoms with E-state index in [1.165, 1.54) is 24.8 Å². The summed E-state index contributed by atoms with van der Waals surface area (Å²) in [5, 5.41) is 8.73. The van der Waals surface area contributed by atoms with E-state index in [0.29, 0.717) is 60.0 Å². The van der Waals surface area contributed by atoms with Gasteiger partial charge in [0, 0.05) is 92.3 Å². The van der Waals surface area contributed by atoms with Crippen molar-refractivity contribution in [3.8, 4) is 11.3 Å². The number of anilines is 2. The van der Waals surface area contributed by atoms with Crippen molar-refractivity contribution in [1.82, 2.24) is 20.5 Å². The van der Waals surface area contributed by atoms with Gasteiger partial charge in [-0.3, -0.25) is 24.3 Å². The Hall–Kier alpha value is -4.96. The van der Waals surface area contributed by atoms with Crippen LogP contribution in [0.2, 0.25) is 0 Å². The van der Waals surface area contributed by atoms with Crippen molar-refractivity contribution >= 4 is 40.9 Å². The number of carbonyl (C=O) groups is 3. The van der Waals surface area contributed by atoms with E-state index in [1.807, 2.05) is 36.4 Å². The second kappa shape index (κ2) is 21.9. The van der Waals surface area contributed by atoms with Crippen LogP contribution in [0.4, 0.5) is 24.5 Å². The number of alkyl halides is 3. The Bertz CT molecular complexity index is 2020. The maximum Gasteiger partial charge on any atom is 0.416 e. The van der Waals surface area contributed by atoms with Crippen molar-refractivity contribution in [2.45, 2.75) is 44.2 Å². The summed E-state index contributed by atoms with van der Waals surface area (Å²) in [5.41, 5.74) is 3.87. The largest absolute Gasteiger partial charge is 0.416 e. The summed E-state index contributed by atoms with van der Waals surface area (Å²) in [6, 6.07) is 21.3. The van der Waals surface area contributed by atoms with Crippen LogP contribution < -0.4 is 20.9 Å². The molecule has 1 aromatic heterocycles. The Morgan fingerprint density at radius 3 is 2.41 bits per heavy atom. The Kier molecular flexibility index (Phi) is 16.2. The molecule has 2 fully saturated rings. The van der Waals surface area contributed by atoms with Crippen LogP contribution in [0.15, 0.2) is 85.1 Å². The fraction of sp³-hybridized carbons (Fsp3) is 0.409. The van der Waals surface area contributed by atoms with Gasteiger partial charge in [0.1, 0.15) is 0 Å². The highest BCUT2D eigenvalue weighted by atomic mass is 32.2. The lowest BCUT2D eigenvalue weighted by Gasteiger charge is -2.29. The van der Waals surface area contributed by atoms with Crippen LogP contribution in [0.25, 0.3) is 11.3 Å². The summed E-state index contributed by atoms with van der Waals surface area (Å²) in [4.78, 5) is 48.3. The van der Waals surface area contributed by atoms with Crippen LogP contribution in [-0.2, 0) is 32.7 Å². The fourth-order valence-corrected chi connectivity index (χ4v) is 7.70. The number of aromatic nitrogens is 1. The molecule has 0 saturated carbocycles. The minimum absolute atomic E-state index is 0.0197. The first-order valence-electron chi connectivity index (χ1n) is 20.0. The molecule has 59 heavy (non-hydrogen) atoms. The number of pyridine rings is 1. The van der Waals surface area contributed by atoms with Crippen LogP contribution in [0.1, 0.15) is 63.1 Å². The minimum Gasteiger partial charge on any atom is -0.380 e. The minimum atomic E-state index is -4.49. The predicted molar refractivity (Wildman–Crippen MR) is 225 cm³/mol. The van der Waals surface area contributed by atoms with Gasteiger partial charge in [-0.15, -0.1) is 0 Å². The molecule has 4 aromatic rings. The number of morpholine rings is 1. The van der Waals surface area contributed by atoms with Crippen LogP contribution in [0.5, 0.6) is 0 Å². The number of thioether (sulfide) groups is 1. The van der Waals surface area contributed by atoms with E-state index < -0.39 is 17.6 Å². The van der Waals surface area contributed by atoms with Crippen molar-refractivity contribution in [3.05, 3.63) is 113 Å². The third-order valence-corrected chi connectivity index (χ3v) is 11.1. The zero-order valence-corrected chi connectivity index (χ0v) is 33.8. The van der Waals surface area contributed by atoms with Crippen molar-refractivity contribution in [2.75, 3.05) is 81.7 Å². The Labute approximate surface area is 347 Å². The molecule has 314 valence electrons. The molecule has 15 heteroatoms. The van der Waals surface area contributed by atoms with Gasteiger partial charge in [-0.1, -0.05) is 24.3 Å². The van der Waals surface area contributed by atoms with Crippen molar-refractivity contribution < 1.29 is 37.0 Å². The van der Waals surface area contributed by atoms with Crippen LogP contribution in [-0.4, -0.2) is 99.1 Å². The molecule has 0 radical (unpaired) electrons. The molecule has 11 nitrogen and oxygen atoms in total. The number of halogens is 3. The lowest BCUT2D eigenvalue weighted by atomic mass is 10.0. The first-order chi connectivity index (χ1) is 28.6. The average Bonchev–Trinajstić information content (AvgIpc) is 3.26. The number of nitrogens with one attached hydrogen (secondary N) is 3. The number of carbonyl (C=O) groups excluding carboxylic acids is 3. The number of piperidine rings is 1. The Morgan fingerprint density at radius 2 is 1.59 bits per heavy atom. The molecule has 0 spiro atoms. The first kappa shape index (κ1) is 43.6. The van der Waals surface area contributed by atoms with E-state index >= 15 is 0 Å². The second-order valence-corrected chi connectivity index (χ2v) is 15.6. The molecule has 0 bridgehead atoms. The fourth-order valence-electron chi connectivity index (χ4n) is 6.90. The molecular formula is C44H51F3N6O5S. The molecule has 0 unspecified atom stereocenters. The maximum atomic E-state index is 13.7. The van der Waals surface area contributed by atoms with Gasteiger partial charge in [-0.25, -0.2) is 0 Å². The van der Waals surface area contributed by atoms with Gasteiger partial charge in [0.05, 0.1) is 43.4 Å². The van der Waals surface area contributed by atoms with Gasteiger partial charge < -0.3 is 30.3 Å². The van der Waals surface area contributed by atoms with E-state index in [1.54, 1.807) is 30.0 Å². The zero-order valence-electron chi connectivity index (χ0n) is 33.0. The van der Waals surface area contributed by atoms with Crippen LogP contribution in [0, 0.1) is 0 Å². The van der Waals surface area contributed by atoms with Gasteiger partial charge in [0.25, 0.3) is 11.8 Å². The number of hydrogen-bond acceptors (Lipinski definition) is 9. The van der Waals surface area contributed by atoms with E-state index in [0.717, 1.165) is 87.9 Å². The highest BCUT2D eigenvalue weighted by Crippen LogP contribution is 2.34. The highest BCUT2D eigenvalue weighted by molar-refractivity contribution is 7.98. The lowest BCUT2D eigenvalue weighted by molar-refractivity contribution is -0.137. The zero-order chi connectivity index (χ0) is 41.5. The summed E-state index contributed by atoms with van der Waals surface area (Å²) in [6.45, 7) is 7.27. The maximum absolute atomic E-state index is 13.7. The van der Waals surface area contributed by atoms with Crippen molar-refractivity contribution in [3.63, 3.8) is 0 Å². The summed E-state index contributed by atoms with van der Waals surface area (Å²) in [7, 11) is 0. The SMILES string of the molecule is O=C(CCOCCSCc1cccc(C(=O)Nc2ccc(N3CCCCC3)cc2-c2cc(C(=O)NCc3cccc(C(F)(F)F)c3)ccn2)c1)NCCN1CCOCC1. The van der Waals surface area contributed by atoms with Crippen LogP contribution in [0.3, 0.4) is 0 Å². The standard InChI is InChI=1S/C44H51F3N6O5S/c45-44(46,47)36-9-5-6-32(27-36)30-50-42(55)35-12-14-48-40(28-35)38-29-37(53-16-2-1-3-17-53)10-11-39(38)51-43(56)34-8-4-7-33(26-34)31-59-25-24-57-21-13-41(54)49-15-18-52-19-22-58-23-20-52/h4-12,14,26-29H,1-3,13,15-25,30-31H2,(H,49,54)(H,50,55)(H,51,56). The number of amides is 3. The number of rotatable bonds is 18.